The molecule has 6 nitrogen and oxygen atoms in total. The zero-order valence-corrected chi connectivity index (χ0v) is 15.4. The van der Waals surface area contributed by atoms with Crippen molar-refractivity contribution in [1.82, 2.24) is 15.4 Å². The summed E-state index contributed by atoms with van der Waals surface area (Å²) in [6, 6.07) is 8.64. The number of piperazine rings is 1. The smallest absolute Gasteiger partial charge is 0.194 e. The summed E-state index contributed by atoms with van der Waals surface area (Å²) in [5.41, 5.74) is 2.01. The van der Waals surface area contributed by atoms with Crippen molar-refractivity contribution in [2.24, 2.45) is 4.99 Å². The minimum Gasteiger partial charge on any atom is -0.368 e. The van der Waals surface area contributed by atoms with E-state index in [0.717, 1.165) is 62.2 Å². The van der Waals surface area contributed by atoms with Crippen molar-refractivity contribution in [3.05, 3.63) is 47.6 Å². The molecular weight excluding hydrogens is 333 g/mol. The Morgan fingerprint density at radius 3 is 2.54 bits per heavy atom. The molecule has 0 atom stereocenters. The van der Waals surface area contributed by atoms with Gasteiger partial charge in [-0.3, -0.25) is 0 Å². The van der Waals surface area contributed by atoms with E-state index < -0.39 is 0 Å². The summed E-state index contributed by atoms with van der Waals surface area (Å²) < 4.78 is 18.4. The largest absolute Gasteiger partial charge is 0.368 e. The Labute approximate surface area is 153 Å². The number of nitrogens with one attached hydrogen (secondary N) is 1. The first-order valence-electron chi connectivity index (χ1n) is 9.17. The maximum absolute atomic E-state index is 13.1. The third-order valence-corrected chi connectivity index (χ3v) is 4.46. The zero-order chi connectivity index (χ0) is 18.4. The van der Waals surface area contributed by atoms with Crippen molar-refractivity contribution in [2.45, 2.75) is 26.8 Å². The number of rotatable bonds is 5. The van der Waals surface area contributed by atoms with Gasteiger partial charge in [0.05, 0.1) is 5.69 Å². The van der Waals surface area contributed by atoms with E-state index in [2.05, 4.69) is 34.1 Å². The van der Waals surface area contributed by atoms with E-state index in [1.54, 1.807) is 0 Å². The lowest BCUT2D eigenvalue weighted by Crippen LogP contribution is -2.52. The van der Waals surface area contributed by atoms with E-state index in [1.807, 2.05) is 18.2 Å². The highest BCUT2D eigenvalue weighted by atomic mass is 19.1. The van der Waals surface area contributed by atoms with Gasteiger partial charge in [-0.05, 0) is 37.6 Å². The number of hydrogen-bond acceptors (Lipinski definition) is 4. The average Bonchev–Trinajstić information content (AvgIpc) is 3.14. The molecule has 0 saturated carbocycles. The maximum Gasteiger partial charge on any atom is 0.194 e. The Balaban J connectivity index is 1.60. The third-order valence-electron chi connectivity index (χ3n) is 4.46. The Bertz CT molecular complexity index is 720. The van der Waals surface area contributed by atoms with Gasteiger partial charge in [-0.2, -0.15) is 0 Å². The van der Waals surface area contributed by atoms with E-state index in [1.165, 1.54) is 12.1 Å². The zero-order valence-electron chi connectivity index (χ0n) is 15.4. The number of aryl methyl sites for hydroxylation is 1. The van der Waals surface area contributed by atoms with E-state index >= 15 is 0 Å². The predicted molar refractivity (Wildman–Crippen MR) is 101 cm³/mol. The number of guanidine groups is 1. The molecule has 1 aromatic heterocycles. The van der Waals surface area contributed by atoms with Crippen LogP contribution >= 0.6 is 0 Å². The molecule has 1 N–H and O–H groups in total. The van der Waals surface area contributed by atoms with Gasteiger partial charge in [-0.1, -0.05) is 12.1 Å². The summed E-state index contributed by atoms with van der Waals surface area (Å²) in [6.07, 6.45) is 0.860. The molecule has 0 amide bonds. The van der Waals surface area contributed by atoms with Crippen LogP contribution in [0, 0.1) is 5.82 Å². The van der Waals surface area contributed by atoms with Gasteiger partial charge in [-0.25, -0.2) is 9.38 Å². The van der Waals surface area contributed by atoms with E-state index in [0.29, 0.717) is 6.54 Å². The predicted octanol–water partition coefficient (Wildman–Crippen LogP) is 2.66. The minimum atomic E-state index is -0.201. The first-order valence-corrected chi connectivity index (χ1v) is 9.17. The number of aromatic nitrogens is 1. The lowest BCUT2D eigenvalue weighted by atomic mass is 10.2. The van der Waals surface area contributed by atoms with Crippen molar-refractivity contribution < 1.29 is 8.91 Å². The van der Waals surface area contributed by atoms with Crippen molar-refractivity contribution in [3.63, 3.8) is 0 Å². The lowest BCUT2D eigenvalue weighted by molar-refractivity contribution is 0.364. The normalized spacial score (nSPS) is 15.4. The molecule has 1 fully saturated rings. The second kappa shape index (κ2) is 8.69. The highest BCUT2D eigenvalue weighted by molar-refractivity contribution is 5.80. The summed E-state index contributed by atoms with van der Waals surface area (Å²) in [6.45, 7) is 8.88. The van der Waals surface area contributed by atoms with E-state index in [-0.39, 0.29) is 5.82 Å². The molecule has 0 unspecified atom stereocenters. The molecule has 1 aromatic carbocycles. The molecule has 0 radical (unpaired) electrons. The first kappa shape index (κ1) is 18.2. The van der Waals surface area contributed by atoms with Crippen LogP contribution in [0.15, 0.2) is 39.8 Å². The molecule has 140 valence electrons. The maximum atomic E-state index is 13.1. The monoisotopic (exact) mass is 359 g/mol. The number of anilines is 1. The van der Waals surface area contributed by atoms with Crippen LogP contribution in [0.25, 0.3) is 0 Å². The van der Waals surface area contributed by atoms with Gasteiger partial charge in [0, 0.05) is 44.5 Å². The fourth-order valence-corrected chi connectivity index (χ4v) is 3.00. The second-order valence-corrected chi connectivity index (χ2v) is 6.26. The third kappa shape index (κ3) is 4.53. The molecular formula is C19H26FN5O. The van der Waals surface area contributed by atoms with Crippen LogP contribution < -0.4 is 10.2 Å². The van der Waals surface area contributed by atoms with Crippen LogP contribution in [0.3, 0.4) is 0 Å². The van der Waals surface area contributed by atoms with Gasteiger partial charge in [0.15, 0.2) is 11.7 Å². The quantitative estimate of drug-likeness (QED) is 0.657. The van der Waals surface area contributed by atoms with Gasteiger partial charge in [-0.15, -0.1) is 0 Å². The summed E-state index contributed by atoms with van der Waals surface area (Å²) in [5.74, 6) is 1.47. The van der Waals surface area contributed by atoms with Gasteiger partial charge in [0.1, 0.15) is 12.4 Å². The highest BCUT2D eigenvalue weighted by Crippen LogP contribution is 2.17. The molecule has 0 spiro atoms. The van der Waals surface area contributed by atoms with E-state index in [4.69, 9.17) is 9.52 Å². The summed E-state index contributed by atoms with van der Waals surface area (Å²) in [7, 11) is 0. The number of halogens is 1. The van der Waals surface area contributed by atoms with Crippen LogP contribution in [0.1, 0.15) is 25.3 Å². The van der Waals surface area contributed by atoms with Crippen LogP contribution in [0.5, 0.6) is 0 Å². The van der Waals surface area contributed by atoms with E-state index in [9.17, 15) is 4.39 Å². The van der Waals surface area contributed by atoms with Gasteiger partial charge >= 0.3 is 0 Å². The minimum absolute atomic E-state index is 0.201. The summed E-state index contributed by atoms with van der Waals surface area (Å²) in [4.78, 5) is 9.21. The van der Waals surface area contributed by atoms with Crippen LogP contribution in [-0.2, 0) is 13.0 Å². The molecule has 3 rings (SSSR count). The molecule has 1 saturated heterocycles. The number of hydrogen-bond donors (Lipinski definition) is 1. The Hall–Kier alpha value is -2.57. The van der Waals surface area contributed by atoms with Crippen LogP contribution in [0.4, 0.5) is 10.1 Å². The van der Waals surface area contributed by atoms with Gasteiger partial charge in [0.2, 0.25) is 0 Å². The number of benzene rings is 1. The van der Waals surface area contributed by atoms with Crippen molar-refractivity contribution in [3.8, 4) is 0 Å². The fraction of sp³-hybridized carbons (Fsp3) is 0.474. The molecule has 0 bridgehead atoms. The highest BCUT2D eigenvalue weighted by Gasteiger charge is 2.20. The lowest BCUT2D eigenvalue weighted by Gasteiger charge is -2.37. The van der Waals surface area contributed by atoms with Gasteiger partial charge in [0.25, 0.3) is 0 Å². The van der Waals surface area contributed by atoms with Gasteiger partial charge < -0.3 is 19.6 Å². The topological polar surface area (TPSA) is 56.9 Å². The molecule has 2 heterocycles. The van der Waals surface area contributed by atoms with Crippen LogP contribution in [0.2, 0.25) is 0 Å². The molecule has 0 aliphatic carbocycles. The Morgan fingerprint density at radius 2 is 1.92 bits per heavy atom. The molecule has 1 aliphatic rings. The first-order chi connectivity index (χ1) is 12.7. The second-order valence-electron chi connectivity index (χ2n) is 6.26. The summed E-state index contributed by atoms with van der Waals surface area (Å²) in [5, 5.41) is 7.36. The SMILES string of the molecule is CCNC(=NCc1cc(CC)no1)N1CCN(c2ccc(F)cc2)CC1. The molecule has 7 heteroatoms. The van der Waals surface area contributed by atoms with Crippen molar-refractivity contribution in [2.75, 3.05) is 37.6 Å². The summed E-state index contributed by atoms with van der Waals surface area (Å²) >= 11 is 0. The standard InChI is InChI=1S/C19H26FN5O/c1-3-16-13-18(26-23-16)14-22-19(21-4-2)25-11-9-24(10-12-25)17-7-5-15(20)6-8-17/h5-8,13H,3-4,9-12,14H2,1-2H3,(H,21,22). The number of aliphatic imine (C=N–C) groups is 1. The number of nitrogens with zero attached hydrogens (tertiary/aromatic N) is 4. The van der Waals surface area contributed by atoms with Crippen LogP contribution in [-0.4, -0.2) is 48.7 Å². The fourth-order valence-electron chi connectivity index (χ4n) is 3.00. The van der Waals surface area contributed by atoms with Crippen molar-refractivity contribution in [1.29, 1.82) is 0 Å². The Morgan fingerprint density at radius 1 is 1.19 bits per heavy atom. The van der Waals surface area contributed by atoms with Crippen molar-refractivity contribution >= 4 is 11.6 Å². The average molecular weight is 359 g/mol. The Kier molecular flexibility index (Phi) is 6.09. The molecule has 2 aromatic rings. The molecule has 26 heavy (non-hydrogen) atoms. The molecule has 1 aliphatic heterocycles.